The minimum Gasteiger partial charge on any atom is -0.305 e. The number of fused-ring (bicyclic) bond motifs is 1. The lowest BCUT2D eigenvalue weighted by molar-refractivity contribution is 0.241. The zero-order chi connectivity index (χ0) is 17.4. The molecule has 0 fully saturated rings. The SMILES string of the molecule is Cc1cc(CN2CCc3nc(-c4ccccn4)[nH]c(=O)c3C2)c(C)s1. The van der Waals surface area contributed by atoms with Crippen molar-refractivity contribution < 1.29 is 0 Å². The Morgan fingerprint density at radius 1 is 1.32 bits per heavy atom. The molecule has 0 spiro atoms. The first kappa shape index (κ1) is 16.2. The van der Waals surface area contributed by atoms with Gasteiger partial charge in [0.25, 0.3) is 5.56 Å². The number of thiophene rings is 1. The first-order chi connectivity index (χ1) is 12.1. The van der Waals surface area contributed by atoms with Crippen molar-refractivity contribution in [2.45, 2.75) is 33.4 Å². The summed E-state index contributed by atoms with van der Waals surface area (Å²) in [5.74, 6) is 0.558. The van der Waals surface area contributed by atoms with Crippen molar-refractivity contribution >= 4 is 11.3 Å². The van der Waals surface area contributed by atoms with Crippen molar-refractivity contribution in [2.24, 2.45) is 0 Å². The number of aryl methyl sites for hydroxylation is 2. The first-order valence-corrected chi connectivity index (χ1v) is 9.23. The van der Waals surface area contributed by atoms with Gasteiger partial charge in [-0.15, -0.1) is 11.3 Å². The summed E-state index contributed by atoms with van der Waals surface area (Å²) in [6.07, 6.45) is 2.50. The van der Waals surface area contributed by atoms with Gasteiger partial charge < -0.3 is 4.98 Å². The maximum absolute atomic E-state index is 12.6. The predicted molar refractivity (Wildman–Crippen MR) is 99.7 cm³/mol. The molecule has 25 heavy (non-hydrogen) atoms. The highest BCUT2D eigenvalue weighted by Gasteiger charge is 2.22. The van der Waals surface area contributed by atoms with E-state index < -0.39 is 0 Å². The van der Waals surface area contributed by atoms with E-state index in [2.05, 4.69) is 39.8 Å². The molecule has 3 aromatic heterocycles. The Morgan fingerprint density at radius 3 is 2.92 bits per heavy atom. The van der Waals surface area contributed by atoms with Gasteiger partial charge in [-0.25, -0.2) is 4.98 Å². The second kappa shape index (κ2) is 6.54. The van der Waals surface area contributed by atoms with Crippen LogP contribution in [-0.2, 0) is 19.5 Å². The van der Waals surface area contributed by atoms with E-state index in [9.17, 15) is 4.79 Å². The van der Waals surface area contributed by atoms with E-state index in [0.29, 0.717) is 18.1 Å². The second-order valence-corrected chi connectivity index (χ2v) is 7.91. The molecule has 0 saturated heterocycles. The number of pyridine rings is 1. The molecule has 5 nitrogen and oxygen atoms in total. The van der Waals surface area contributed by atoms with Crippen LogP contribution < -0.4 is 5.56 Å². The minimum absolute atomic E-state index is 0.0476. The van der Waals surface area contributed by atoms with Gasteiger partial charge in [-0.1, -0.05) is 6.07 Å². The van der Waals surface area contributed by atoms with E-state index in [0.717, 1.165) is 30.8 Å². The Kier molecular flexibility index (Phi) is 4.23. The predicted octanol–water partition coefficient (Wildman–Crippen LogP) is 3.07. The molecule has 4 heterocycles. The van der Waals surface area contributed by atoms with Crippen molar-refractivity contribution in [2.75, 3.05) is 6.54 Å². The molecule has 1 aliphatic rings. The van der Waals surface area contributed by atoms with Crippen LogP contribution >= 0.6 is 11.3 Å². The van der Waals surface area contributed by atoms with Gasteiger partial charge in [0.1, 0.15) is 5.69 Å². The van der Waals surface area contributed by atoms with Crippen LogP contribution in [0, 0.1) is 13.8 Å². The van der Waals surface area contributed by atoms with E-state index in [-0.39, 0.29) is 5.56 Å². The lowest BCUT2D eigenvalue weighted by Crippen LogP contribution is -2.35. The summed E-state index contributed by atoms with van der Waals surface area (Å²) < 4.78 is 0. The zero-order valence-electron chi connectivity index (χ0n) is 14.4. The van der Waals surface area contributed by atoms with Gasteiger partial charge in [0.05, 0.1) is 11.3 Å². The molecule has 0 atom stereocenters. The maximum Gasteiger partial charge on any atom is 0.255 e. The quantitative estimate of drug-likeness (QED) is 0.787. The van der Waals surface area contributed by atoms with Gasteiger partial charge in [-0.3, -0.25) is 14.7 Å². The molecular formula is C19H20N4OS. The van der Waals surface area contributed by atoms with E-state index in [1.165, 1.54) is 15.3 Å². The third-order valence-corrected chi connectivity index (χ3v) is 5.60. The molecule has 1 aliphatic heterocycles. The highest BCUT2D eigenvalue weighted by molar-refractivity contribution is 7.12. The number of hydrogen-bond acceptors (Lipinski definition) is 5. The van der Waals surface area contributed by atoms with Gasteiger partial charge >= 0.3 is 0 Å². The Balaban J connectivity index is 1.59. The fourth-order valence-corrected chi connectivity index (χ4v) is 4.26. The van der Waals surface area contributed by atoms with Crippen molar-refractivity contribution in [1.29, 1.82) is 0 Å². The smallest absolute Gasteiger partial charge is 0.255 e. The van der Waals surface area contributed by atoms with Gasteiger partial charge in [0.2, 0.25) is 0 Å². The van der Waals surface area contributed by atoms with Crippen molar-refractivity contribution in [1.82, 2.24) is 19.9 Å². The average Bonchev–Trinajstić information content (AvgIpc) is 2.93. The van der Waals surface area contributed by atoms with Gasteiger partial charge in [0.15, 0.2) is 5.82 Å². The summed E-state index contributed by atoms with van der Waals surface area (Å²) in [6, 6.07) is 7.87. The van der Waals surface area contributed by atoms with Crippen molar-refractivity contribution in [3.05, 3.63) is 67.4 Å². The Bertz CT molecular complexity index is 961. The normalized spacial score (nSPS) is 14.5. The third-order valence-electron chi connectivity index (χ3n) is 4.59. The van der Waals surface area contributed by atoms with Crippen LogP contribution in [-0.4, -0.2) is 26.4 Å². The molecule has 0 unspecified atom stereocenters. The molecule has 0 aliphatic carbocycles. The lowest BCUT2D eigenvalue weighted by Gasteiger charge is -2.27. The molecule has 4 rings (SSSR count). The van der Waals surface area contributed by atoms with E-state index in [4.69, 9.17) is 0 Å². The highest BCUT2D eigenvalue weighted by Crippen LogP contribution is 2.24. The molecule has 0 radical (unpaired) electrons. The number of aromatic nitrogens is 3. The minimum atomic E-state index is -0.0476. The number of rotatable bonds is 3. The lowest BCUT2D eigenvalue weighted by atomic mass is 10.1. The van der Waals surface area contributed by atoms with E-state index in [1.807, 2.05) is 29.5 Å². The molecule has 128 valence electrons. The number of nitrogens with one attached hydrogen (secondary N) is 1. The summed E-state index contributed by atoms with van der Waals surface area (Å²) in [5, 5.41) is 0. The van der Waals surface area contributed by atoms with Gasteiger partial charge in [-0.05, 0) is 37.6 Å². The average molecular weight is 352 g/mol. The fraction of sp³-hybridized carbons (Fsp3) is 0.316. The van der Waals surface area contributed by atoms with Crippen LogP contribution in [0.2, 0.25) is 0 Å². The topological polar surface area (TPSA) is 61.9 Å². The molecule has 3 aromatic rings. The summed E-state index contributed by atoms with van der Waals surface area (Å²) in [6.45, 7) is 6.75. The van der Waals surface area contributed by atoms with Gasteiger partial charge in [-0.2, -0.15) is 0 Å². The first-order valence-electron chi connectivity index (χ1n) is 8.42. The third kappa shape index (κ3) is 3.27. The Hall–Kier alpha value is -2.31. The van der Waals surface area contributed by atoms with Crippen LogP contribution in [0.25, 0.3) is 11.5 Å². The molecule has 1 N–H and O–H groups in total. The van der Waals surface area contributed by atoms with Crippen molar-refractivity contribution in [3.63, 3.8) is 0 Å². The molecular weight excluding hydrogens is 332 g/mol. The number of aromatic amines is 1. The second-order valence-electron chi connectivity index (χ2n) is 6.45. The molecule has 0 saturated carbocycles. The Labute approximate surface area is 150 Å². The highest BCUT2D eigenvalue weighted by atomic mass is 32.1. The Morgan fingerprint density at radius 2 is 2.20 bits per heavy atom. The van der Waals surface area contributed by atoms with Crippen molar-refractivity contribution in [3.8, 4) is 11.5 Å². The molecule has 6 heteroatoms. The van der Waals surface area contributed by atoms with Crippen LogP contribution in [0.15, 0.2) is 35.3 Å². The maximum atomic E-state index is 12.6. The van der Waals surface area contributed by atoms with Crippen LogP contribution in [0.1, 0.15) is 26.6 Å². The molecule has 0 aromatic carbocycles. The monoisotopic (exact) mass is 352 g/mol. The largest absolute Gasteiger partial charge is 0.305 e. The summed E-state index contributed by atoms with van der Waals surface area (Å²) >= 11 is 1.83. The van der Waals surface area contributed by atoms with E-state index >= 15 is 0 Å². The number of nitrogens with zero attached hydrogens (tertiary/aromatic N) is 3. The van der Waals surface area contributed by atoms with Crippen LogP contribution in [0.3, 0.4) is 0 Å². The summed E-state index contributed by atoms with van der Waals surface area (Å²) in [7, 11) is 0. The standard InChI is InChI=1S/C19H20N4OS/c1-12-9-14(13(2)25-12)10-23-8-6-16-15(11-23)19(24)22-18(21-16)17-5-3-4-7-20-17/h3-5,7,9H,6,8,10-11H2,1-2H3,(H,21,22,24). The summed E-state index contributed by atoms with van der Waals surface area (Å²) in [4.78, 5) is 29.4. The van der Waals surface area contributed by atoms with Crippen LogP contribution in [0.4, 0.5) is 0 Å². The molecule has 0 bridgehead atoms. The van der Waals surface area contributed by atoms with Crippen LogP contribution in [0.5, 0.6) is 0 Å². The molecule has 0 amide bonds. The summed E-state index contributed by atoms with van der Waals surface area (Å²) in [5.41, 5.74) is 3.71. The zero-order valence-corrected chi connectivity index (χ0v) is 15.2. The fourth-order valence-electron chi connectivity index (χ4n) is 3.32. The number of H-pyrrole nitrogens is 1. The van der Waals surface area contributed by atoms with E-state index in [1.54, 1.807) is 6.20 Å². The van der Waals surface area contributed by atoms with Gasteiger partial charge in [0, 0.05) is 42.0 Å². The number of hydrogen-bond donors (Lipinski definition) is 1.